The summed E-state index contributed by atoms with van der Waals surface area (Å²) < 4.78 is 30.2. The molecule has 0 heterocycles. The van der Waals surface area contributed by atoms with Gasteiger partial charge in [-0.25, -0.2) is 8.42 Å². The fourth-order valence-electron chi connectivity index (χ4n) is 2.17. The second-order valence-electron chi connectivity index (χ2n) is 6.01. The van der Waals surface area contributed by atoms with E-state index in [1.54, 1.807) is 12.1 Å². The number of rotatable bonds is 8. The van der Waals surface area contributed by atoms with E-state index in [0.717, 1.165) is 16.9 Å². The largest absolute Gasteiger partial charge is 0.493 e. The average molecular weight is 348 g/mol. The Bertz CT molecular complexity index is 702. The van der Waals surface area contributed by atoms with Crippen LogP contribution in [0.5, 0.6) is 5.75 Å². The number of hydrogen-bond acceptors (Lipinski definition) is 4. The first-order valence-electron chi connectivity index (χ1n) is 7.92. The van der Waals surface area contributed by atoms with Crippen molar-refractivity contribution in [2.24, 2.45) is 11.7 Å². The minimum absolute atomic E-state index is 0.283. The minimum atomic E-state index is -2.73. The molecule has 5 nitrogen and oxygen atoms in total. The highest BCUT2D eigenvalue weighted by atomic mass is 32.2. The van der Waals surface area contributed by atoms with Crippen molar-refractivity contribution in [3.05, 3.63) is 59.7 Å². The van der Waals surface area contributed by atoms with Crippen molar-refractivity contribution in [1.82, 2.24) is 0 Å². The quantitative estimate of drug-likeness (QED) is 0.720. The first kappa shape index (κ1) is 18.3. The number of anilines is 1. The van der Waals surface area contributed by atoms with Gasteiger partial charge in [0.2, 0.25) is 10.9 Å². The highest BCUT2D eigenvalue weighted by Gasteiger charge is 2.10. The fraction of sp³-hybridized carbons (Fsp3) is 0.333. The molecule has 2 rings (SSSR count). The number of ether oxygens (including phenoxy) is 1. The maximum absolute atomic E-state index is 11.6. The zero-order valence-electron chi connectivity index (χ0n) is 14.0. The Hall–Kier alpha value is -2.05. The van der Waals surface area contributed by atoms with E-state index in [4.69, 9.17) is 10.5 Å². The monoisotopic (exact) mass is 348 g/mol. The lowest BCUT2D eigenvalue weighted by atomic mass is 10.2. The van der Waals surface area contributed by atoms with Crippen LogP contribution in [0.3, 0.4) is 0 Å². The van der Waals surface area contributed by atoms with Crippen molar-refractivity contribution >= 4 is 16.6 Å². The molecule has 0 bridgehead atoms. The second-order valence-corrected chi connectivity index (χ2v) is 6.97. The van der Waals surface area contributed by atoms with Crippen LogP contribution in [0.1, 0.15) is 25.0 Å². The summed E-state index contributed by atoms with van der Waals surface area (Å²) in [5.41, 5.74) is 8.06. The summed E-state index contributed by atoms with van der Waals surface area (Å²) in [4.78, 5) is 0. The number of hydrogen-bond donors (Lipinski definition) is 2. The van der Waals surface area contributed by atoms with Crippen LogP contribution >= 0.6 is 0 Å². The van der Waals surface area contributed by atoms with Gasteiger partial charge in [-0.15, -0.1) is 0 Å². The summed E-state index contributed by atoms with van der Waals surface area (Å²) in [6.07, 6.45) is 0. The highest BCUT2D eigenvalue weighted by molar-refractivity contribution is 7.74. The van der Waals surface area contributed by atoms with E-state index in [2.05, 4.69) is 13.8 Å². The van der Waals surface area contributed by atoms with Crippen molar-refractivity contribution in [1.29, 1.82) is 0 Å². The summed E-state index contributed by atoms with van der Waals surface area (Å²) in [5.74, 6) is 1.25. The molecule has 0 atom stereocenters. The van der Waals surface area contributed by atoms with Gasteiger partial charge in [-0.05, 0) is 41.3 Å². The van der Waals surface area contributed by atoms with Gasteiger partial charge in [0.05, 0.1) is 18.8 Å². The van der Waals surface area contributed by atoms with Gasteiger partial charge >= 0.3 is 0 Å². The van der Waals surface area contributed by atoms with Crippen molar-refractivity contribution in [2.45, 2.75) is 26.9 Å². The summed E-state index contributed by atoms with van der Waals surface area (Å²) in [6.45, 7) is 5.55. The Balaban J connectivity index is 2.09. The lowest BCUT2D eigenvalue weighted by molar-refractivity contribution is 0.271. The highest BCUT2D eigenvalue weighted by Crippen LogP contribution is 2.20. The molecule has 0 saturated heterocycles. The van der Waals surface area contributed by atoms with Crippen LogP contribution in [-0.2, 0) is 24.0 Å². The van der Waals surface area contributed by atoms with E-state index in [0.29, 0.717) is 24.8 Å². The number of benzene rings is 2. The second kappa shape index (κ2) is 8.70. The van der Waals surface area contributed by atoms with Crippen LogP contribution in [0, 0.1) is 5.92 Å². The zero-order valence-corrected chi connectivity index (χ0v) is 14.9. The molecule has 0 spiro atoms. The van der Waals surface area contributed by atoms with Gasteiger partial charge in [0.25, 0.3) is 0 Å². The normalized spacial score (nSPS) is 11.0. The van der Waals surface area contributed by atoms with Crippen LogP contribution in [-0.4, -0.2) is 15.0 Å². The maximum atomic E-state index is 11.6. The van der Waals surface area contributed by atoms with Crippen LogP contribution < -0.4 is 14.8 Å². The lowest BCUT2D eigenvalue weighted by Gasteiger charge is -2.18. The van der Waals surface area contributed by atoms with E-state index >= 15 is 0 Å². The minimum Gasteiger partial charge on any atom is -0.493 e. The molecule has 0 aromatic heterocycles. The van der Waals surface area contributed by atoms with Gasteiger partial charge in [-0.3, -0.25) is 4.31 Å². The molecule has 0 aliphatic rings. The number of thiol groups is 1. The molecule has 0 aliphatic heterocycles. The molecule has 0 saturated carbocycles. The van der Waals surface area contributed by atoms with Crippen LogP contribution in [0.2, 0.25) is 0 Å². The third-order valence-electron chi connectivity index (χ3n) is 3.51. The maximum Gasteiger partial charge on any atom is 0.225 e. The number of nitrogens with zero attached hydrogens (tertiary/aromatic N) is 1. The molecule has 0 amide bonds. The van der Waals surface area contributed by atoms with Gasteiger partial charge in [0.1, 0.15) is 5.75 Å². The number of nitrogens with two attached hydrogens (primary N) is 1. The predicted molar refractivity (Wildman–Crippen MR) is 97.6 cm³/mol. The predicted octanol–water partition coefficient (Wildman–Crippen LogP) is 2.71. The SMILES string of the molecule is CC(C)COc1ccc(CN(c2ccc(CN)cc2)[SH](=O)=O)cc1. The van der Waals surface area contributed by atoms with Gasteiger partial charge in [-0.1, -0.05) is 38.1 Å². The van der Waals surface area contributed by atoms with Crippen LogP contribution in [0.15, 0.2) is 48.5 Å². The zero-order chi connectivity index (χ0) is 17.5. The fourth-order valence-corrected chi connectivity index (χ4v) is 2.77. The van der Waals surface area contributed by atoms with E-state index in [1.165, 1.54) is 4.31 Å². The Morgan fingerprint density at radius 2 is 1.58 bits per heavy atom. The average Bonchev–Trinajstić information content (AvgIpc) is 2.58. The van der Waals surface area contributed by atoms with Gasteiger partial charge in [0.15, 0.2) is 0 Å². The summed E-state index contributed by atoms with van der Waals surface area (Å²) in [7, 11) is -2.73. The molecular formula is C18H24N2O3S. The smallest absolute Gasteiger partial charge is 0.225 e. The van der Waals surface area contributed by atoms with Gasteiger partial charge < -0.3 is 10.5 Å². The molecule has 0 fully saturated rings. The summed E-state index contributed by atoms with van der Waals surface area (Å²) in [6, 6.07) is 14.7. The topological polar surface area (TPSA) is 72.6 Å². The molecule has 2 N–H and O–H groups in total. The first-order chi connectivity index (χ1) is 11.5. The van der Waals surface area contributed by atoms with E-state index in [-0.39, 0.29) is 6.54 Å². The van der Waals surface area contributed by atoms with Crippen molar-refractivity contribution < 1.29 is 13.2 Å². The molecule has 0 unspecified atom stereocenters. The van der Waals surface area contributed by atoms with Gasteiger partial charge in [-0.2, -0.15) is 0 Å². The van der Waals surface area contributed by atoms with Crippen LogP contribution in [0.25, 0.3) is 0 Å². The molecule has 130 valence electrons. The molecular weight excluding hydrogens is 324 g/mol. The standard InChI is InChI=1S/C18H24N2O3S/c1-14(2)13-23-18-9-5-16(6-10-18)12-20(24(21)22)17-7-3-15(11-19)4-8-17/h3-10,14,24H,11-13,19H2,1-2H3. The Morgan fingerprint density at radius 1 is 1.00 bits per heavy atom. The van der Waals surface area contributed by atoms with E-state index < -0.39 is 10.9 Å². The third kappa shape index (κ3) is 5.25. The molecule has 2 aromatic rings. The molecule has 2 aromatic carbocycles. The third-order valence-corrected chi connectivity index (χ3v) is 4.27. The Kier molecular flexibility index (Phi) is 6.63. The van der Waals surface area contributed by atoms with Crippen molar-refractivity contribution in [3.8, 4) is 5.75 Å². The molecule has 6 heteroatoms. The molecule has 0 radical (unpaired) electrons. The van der Waals surface area contributed by atoms with Crippen molar-refractivity contribution in [2.75, 3.05) is 10.9 Å². The van der Waals surface area contributed by atoms with E-state index in [1.807, 2.05) is 36.4 Å². The summed E-state index contributed by atoms with van der Waals surface area (Å²) >= 11 is 0. The first-order valence-corrected chi connectivity index (χ1v) is 9.05. The summed E-state index contributed by atoms with van der Waals surface area (Å²) in [5, 5.41) is 0. The Morgan fingerprint density at radius 3 is 2.08 bits per heavy atom. The lowest BCUT2D eigenvalue weighted by Crippen LogP contribution is -2.20. The van der Waals surface area contributed by atoms with Crippen molar-refractivity contribution in [3.63, 3.8) is 0 Å². The Labute approximate surface area is 145 Å². The molecule has 0 aliphatic carbocycles. The molecule has 24 heavy (non-hydrogen) atoms. The van der Waals surface area contributed by atoms with Crippen LogP contribution in [0.4, 0.5) is 5.69 Å². The van der Waals surface area contributed by atoms with Gasteiger partial charge in [0, 0.05) is 6.54 Å². The van der Waals surface area contributed by atoms with E-state index in [9.17, 15) is 8.42 Å².